The predicted molar refractivity (Wildman–Crippen MR) is 43.6 cm³/mol. The Hall–Kier alpha value is -0.610. The zero-order chi connectivity index (χ0) is 9.14. The van der Waals surface area contributed by atoms with Crippen LogP contribution in [0.2, 0.25) is 0 Å². The Morgan fingerprint density at radius 1 is 1.42 bits per heavy atom. The van der Waals surface area contributed by atoms with E-state index in [9.17, 15) is 9.90 Å². The monoisotopic (exact) mass is 173 g/mol. The Morgan fingerprint density at radius 2 is 2.00 bits per heavy atom. The van der Waals surface area contributed by atoms with Crippen LogP contribution >= 0.6 is 0 Å². The Balaban J connectivity index is 2.53. The average molecular weight is 173 g/mol. The van der Waals surface area contributed by atoms with Crippen LogP contribution in [0.25, 0.3) is 0 Å². The summed E-state index contributed by atoms with van der Waals surface area (Å²) < 4.78 is 0. The number of hydrogen-bond acceptors (Lipinski definition) is 3. The smallest absolute Gasteiger partial charge is 0.320 e. The molecule has 1 saturated carbocycles. The minimum Gasteiger partial charge on any atom is -0.480 e. The van der Waals surface area contributed by atoms with Gasteiger partial charge < -0.3 is 15.9 Å². The molecule has 0 aliphatic heterocycles. The molecule has 1 unspecified atom stereocenters. The van der Waals surface area contributed by atoms with Gasteiger partial charge in [-0.25, -0.2) is 0 Å². The summed E-state index contributed by atoms with van der Waals surface area (Å²) in [6, 6.07) is -0.903. The summed E-state index contributed by atoms with van der Waals surface area (Å²) in [7, 11) is 0. The van der Waals surface area contributed by atoms with Crippen LogP contribution in [-0.2, 0) is 4.79 Å². The minimum absolute atomic E-state index is 0.253. The first kappa shape index (κ1) is 9.48. The number of nitrogens with two attached hydrogens (primary N) is 1. The van der Waals surface area contributed by atoms with Crippen LogP contribution in [0.5, 0.6) is 0 Å². The van der Waals surface area contributed by atoms with Gasteiger partial charge in [-0.05, 0) is 12.8 Å². The molecule has 4 N–H and O–H groups in total. The lowest BCUT2D eigenvalue weighted by Crippen LogP contribution is -2.45. The van der Waals surface area contributed by atoms with Gasteiger partial charge >= 0.3 is 5.97 Å². The summed E-state index contributed by atoms with van der Waals surface area (Å²) in [6.07, 6.45) is 2.84. The number of rotatable bonds is 2. The number of aliphatic carboxylic acids is 1. The van der Waals surface area contributed by atoms with Crippen LogP contribution in [0.1, 0.15) is 25.7 Å². The fourth-order valence-corrected chi connectivity index (χ4v) is 1.74. The second-order valence-electron chi connectivity index (χ2n) is 3.38. The maximum absolute atomic E-state index is 10.5. The Morgan fingerprint density at radius 3 is 2.50 bits per heavy atom. The number of carboxylic acid groups (broad SMARTS) is 1. The molecule has 4 heteroatoms. The fraction of sp³-hybridized carbons (Fsp3) is 0.875. The molecule has 0 heterocycles. The van der Waals surface area contributed by atoms with E-state index >= 15 is 0 Å². The Kier molecular flexibility index (Phi) is 3.05. The second kappa shape index (κ2) is 3.87. The molecule has 3 atom stereocenters. The lowest BCUT2D eigenvalue weighted by Gasteiger charge is -2.29. The summed E-state index contributed by atoms with van der Waals surface area (Å²) in [6.45, 7) is 0. The van der Waals surface area contributed by atoms with Crippen LogP contribution < -0.4 is 5.73 Å². The summed E-state index contributed by atoms with van der Waals surface area (Å²) in [4.78, 5) is 10.5. The van der Waals surface area contributed by atoms with Crippen LogP contribution in [0.4, 0.5) is 0 Å². The van der Waals surface area contributed by atoms with Gasteiger partial charge in [-0.1, -0.05) is 12.8 Å². The van der Waals surface area contributed by atoms with E-state index in [1.165, 1.54) is 0 Å². The zero-order valence-corrected chi connectivity index (χ0v) is 6.94. The Bertz CT molecular complexity index is 172. The lowest BCUT2D eigenvalue weighted by molar-refractivity contribution is -0.141. The number of carboxylic acids is 1. The molecule has 1 aliphatic rings. The molecule has 0 aromatic rings. The van der Waals surface area contributed by atoms with Gasteiger partial charge in [0.1, 0.15) is 6.04 Å². The van der Waals surface area contributed by atoms with Crippen molar-refractivity contribution in [1.82, 2.24) is 0 Å². The summed E-state index contributed by atoms with van der Waals surface area (Å²) in [5.41, 5.74) is 5.42. The molecule has 0 amide bonds. The zero-order valence-electron chi connectivity index (χ0n) is 6.94. The predicted octanol–water partition coefficient (Wildman–Crippen LogP) is -0.0506. The number of carbonyl (C=O) groups is 1. The summed E-state index contributed by atoms with van der Waals surface area (Å²) in [5, 5.41) is 18.1. The van der Waals surface area contributed by atoms with Crippen molar-refractivity contribution in [2.24, 2.45) is 11.7 Å². The van der Waals surface area contributed by atoms with Crippen LogP contribution in [0.3, 0.4) is 0 Å². The van der Waals surface area contributed by atoms with Gasteiger partial charge in [0.25, 0.3) is 0 Å². The molecule has 0 saturated heterocycles. The SMILES string of the molecule is NC(C(=O)O)[C@@H]1CCCC[C@H]1O. The van der Waals surface area contributed by atoms with Crippen molar-refractivity contribution >= 4 is 5.97 Å². The van der Waals surface area contributed by atoms with Crippen molar-refractivity contribution in [3.8, 4) is 0 Å². The van der Waals surface area contributed by atoms with E-state index < -0.39 is 18.1 Å². The van der Waals surface area contributed by atoms with Gasteiger partial charge in [0.2, 0.25) is 0 Å². The van der Waals surface area contributed by atoms with Gasteiger partial charge in [-0.2, -0.15) is 0 Å². The topological polar surface area (TPSA) is 83.6 Å². The van der Waals surface area contributed by atoms with Gasteiger partial charge in [0.05, 0.1) is 6.10 Å². The molecule has 0 aromatic carbocycles. The molecule has 0 spiro atoms. The molecule has 1 aliphatic carbocycles. The van der Waals surface area contributed by atoms with Crippen LogP contribution in [0, 0.1) is 5.92 Å². The van der Waals surface area contributed by atoms with Crippen molar-refractivity contribution < 1.29 is 15.0 Å². The minimum atomic E-state index is -1.01. The normalized spacial score (nSPS) is 32.8. The standard InChI is InChI=1S/C8H15NO3/c9-7(8(11)12)5-3-1-2-4-6(5)10/h5-7,10H,1-4,9H2,(H,11,12)/t5-,6-,7?/m1/s1. The van der Waals surface area contributed by atoms with Crippen molar-refractivity contribution in [3.05, 3.63) is 0 Å². The molecular weight excluding hydrogens is 158 g/mol. The van der Waals surface area contributed by atoms with E-state index in [1.807, 2.05) is 0 Å². The van der Waals surface area contributed by atoms with Gasteiger partial charge in [-0.3, -0.25) is 4.79 Å². The first-order valence-electron chi connectivity index (χ1n) is 4.29. The summed E-state index contributed by atoms with van der Waals surface area (Å²) >= 11 is 0. The highest BCUT2D eigenvalue weighted by Gasteiger charge is 2.32. The largest absolute Gasteiger partial charge is 0.480 e. The number of aliphatic hydroxyl groups excluding tert-OH is 1. The van der Waals surface area contributed by atoms with E-state index in [0.29, 0.717) is 6.42 Å². The maximum atomic E-state index is 10.5. The highest BCUT2D eigenvalue weighted by molar-refractivity contribution is 5.73. The van der Waals surface area contributed by atoms with E-state index in [4.69, 9.17) is 10.8 Å². The van der Waals surface area contributed by atoms with Crippen molar-refractivity contribution in [3.63, 3.8) is 0 Å². The van der Waals surface area contributed by atoms with E-state index in [1.54, 1.807) is 0 Å². The molecule has 1 fully saturated rings. The number of aliphatic hydroxyl groups is 1. The second-order valence-corrected chi connectivity index (χ2v) is 3.38. The van der Waals surface area contributed by atoms with E-state index in [-0.39, 0.29) is 5.92 Å². The third-order valence-electron chi connectivity index (χ3n) is 2.53. The average Bonchev–Trinajstić information content (AvgIpc) is 2.04. The third kappa shape index (κ3) is 1.95. The van der Waals surface area contributed by atoms with E-state index in [2.05, 4.69) is 0 Å². The molecule has 0 bridgehead atoms. The molecule has 0 aromatic heterocycles. The summed E-state index contributed by atoms with van der Waals surface area (Å²) in [5.74, 6) is -1.27. The molecule has 12 heavy (non-hydrogen) atoms. The molecule has 70 valence electrons. The third-order valence-corrected chi connectivity index (χ3v) is 2.53. The first-order valence-corrected chi connectivity index (χ1v) is 4.29. The number of hydrogen-bond donors (Lipinski definition) is 3. The van der Waals surface area contributed by atoms with Crippen LogP contribution in [0.15, 0.2) is 0 Å². The van der Waals surface area contributed by atoms with Gasteiger partial charge in [-0.15, -0.1) is 0 Å². The highest BCUT2D eigenvalue weighted by Crippen LogP contribution is 2.26. The van der Waals surface area contributed by atoms with Crippen molar-refractivity contribution in [2.75, 3.05) is 0 Å². The maximum Gasteiger partial charge on any atom is 0.320 e. The molecule has 4 nitrogen and oxygen atoms in total. The Labute approximate surface area is 71.4 Å². The quantitative estimate of drug-likeness (QED) is 0.546. The lowest BCUT2D eigenvalue weighted by atomic mass is 9.82. The molecule has 1 rings (SSSR count). The van der Waals surface area contributed by atoms with Crippen molar-refractivity contribution in [1.29, 1.82) is 0 Å². The first-order chi connectivity index (χ1) is 5.63. The van der Waals surface area contributed by atoms with Crippen molar-refractivity contribution in [2.45, 2.75) is 37.8 Å². The van der Waals surface area contributed by atoms with Crippen LogP contribution in [-0.4, -0.2) is 28.3 Å². The molecule has 0 radical (unpaired) electrons. The fourth-order valence-electron chi connectivity index (χ4n) is 1.74. The van der Waals surface area contributed by atoms with Gasteiger partial charge in [0.15, 0.2) is 0 Å². The van der Waals surface area contributed by atoms with Gasteiger partial charge in [0, 0.05) is 5.92 Å². The van der Waals surface area contributed by atoms with E-state index in [0.717, 1.165) is 19.3 Å². The highest BCUT2D eigenvalue weighted by atomic mass is 16.4. The molecular formula is C8H15NO3.